The second kappa shape index (κ2) is 7.05. The van der Waals surface area contributed by atoms with Crippen LogP contribution in [0.3, 0.4) is 0 Å². The monoisotopic (exact) mass is 322 g/mol. The average Bonchev–Trinajstić information content (AvgIpc) is 3.09. The SMILES string of the molecule is N#C/C(=C\c1ccc(-c2ccc(N3CCCCC3)cc2)o1)C(=O)O. The highest BCUT2D eigenvalue weighted by molar-refractivity contribution is 5.96. The van der Waals surface area contributed by atoms with E-state index in [1.807, 2.05) is 12.1 Å². The van der Waals surface area contributed by atoms with Crippen molar-refractivity contribution in [1.29, 1.82) is 5.26 Å². The quantitative estimate of drug-likeness (QED) is 0.681. The van der Waals surface area contributed by atoms with Gasteiger partial charge in [0.25, 0.3) is 0 Å². The Hall–Kier alpha value is -3.00. The summed E-state index contributed by atoms with van der Waals surface area (Å²) in [5, 5.41) is 17.7. The van der Waals surface area contributed by atoms with Crippen molar-refractivity contribution in [1.82, 2.24) is 0 Å². The van der Waals surface area contributed by atoms with Gasteiger partial charge in [0.15, 0.2) is 0 Å². The first kappa shape index (κ1) is 15.9. The van der Waals surface area contributed by atoms with Crippen LogP contribution < -0.4 is 4.90 Å². The molecule has 5 nitrogen and oxygen atoms in total. The first-order valence-corrected chi connectivity index (χ1v) is 7.98. The number of carbonyl (C=O) groups is 1. The number of nitriles is 1. The molecule has 0 radical (unpaired) electrons. The molecule has 1 aromatic carbocycles. The Morgan fingerprint density at radius 3 is 2.46 bits per heavy atom. The highest BCUT2D eigenvalue weighted by Gasteiger charge is 2.12. The van der Waals surface area contributed by atoms with Crippen molar-refractivity contribution in [3.8, 4) is 17.4 Å². The molecule has 1 N–H and O–H groups in total. The van der Waals surface area contributed by atoms with Crippen LogP contribution in [0, 0.1) is 11.3 Å². The minimum atomic E-state index is -1.26. The fourth-order valence-electron chi connectivity index (χ4n) is 2.86. The Kier molecular flexibility index (Phi) is 4.66. The molecule has 0 atom stereocenters. The van der Waals surface area contributed by atoms with Crippen molar-refractivity contribution in [2.75, 3.05) is 18.0 Å². The van der Waals surface area contributed by atoms with E-state index >= 15 is 0 Å². The molecular weight excluding hydrogens is 304 g/mol. The standard InChI is InChI=1S/C19H18N2O3/c20-13-15(19(22)23)12-17-8-9-18(24-17)14-4-6-16(7-5-14)21-10-2-1-3-11-21/h4-9,12H,1-3,10-11H2,(H,22,23)/b15-12+. The number of piperidine rings is 1. The van der Waals surface area contributed by atoms with Crippen molar-refractivity contribution >= 4 is 17.7 Å². The summed E-state index contributed by atoms with van der Waals surface area (Å²) in [5.41, 5.74) is 1.78. The third-order valence-corrected chi connectivity index (χ3v) is 4.14. The van der Waals surface area contributed by atoms with Gasteiger partial charge in [0.05, 0.1) is 0 Å². The molecule has 1 aliphatic heterocycles. The second-order valence-electron chi connectivity index (χ2n) is 5.77. The zero-order chi connectivity index (χ0) is 16.9. The van der Waals surface area contributed by atoms with Crippen LogP contribution in [0.2, 0.25) is 0 Å². The number of furan rings is 1. The molecule has 3 rings (SSSR count). The predicted molar refractivity (Wildman–Crippen MR) is 91.4 cm³/mol. The van der Waals surface area contributed by atoms with Gasteiger partial charge in [-0.25, -0.2) is 4.79 Å². The van der Waals surface area contributed by atoms with E-state index in [2.05, 4.69) is 17.0 Å². The van der Waals surface area contributed by atoms with Crippen LogP contribution >= 0.6 is 0 Å². The van der Waals surface area contributed by atoms with Gasteiger partial charge < -0.3 is 14.4 Å². The van der Waals surface area contributed by atoms with Crippen LogP contribution in [0.25, 0.3) is 17.4 Å². The summed E-state index contributed by atoms with van der Waals surface area (Å²) in [6, 6.07) is 13.2. The van der Waals surface area contributed by atoms with E-state index in [0.29, 0.717) is 11.5 Å². The highest BCUT2D eigenvalue weighted by atomic mass is 16.4. The maximum atomic E-state index is 10.9. The molecule has 1 fully saturated rings. The molecule has 0 spiro atoms. The number of hydrogen-bond donors (Lipinski definition) is 1. The van der Waals surface area contributed by atoms with Crippen LogP contribution in [0.1, 0.15) is 25.0 Å². The number of hydrogen-bond acceptors (Lipinski definition) is 4. The summed E-state index contributed by atoms with van der Waals surface area (Å²) >= 11 is 0. The van der Waals surface area contributed by atoms with Crippen LogP contribution in [0.15, 0.2) is 46.4 Å². The zero-order valence-corrected chi connectivity index (χ0v) is 13.2. The van der Waals surface area contributed by atoms with Crippen molar-refractivity contribution in [3.63, 3.8) is 0 Å². The second-order valence-corrected chi connectivity index (χ2v) is 5.77. The van der Waals surface area contributed by atoms with Gasteiger partial charge in [-0.15, -0.1) is 0 Å². The molecule has 0 saturated carbocycles. The Morgan fingerprint density at radius 1 is 1.12 bits per heavy atom. The molecule has 1 aliphatic rings. The van der Waals surface area contributed by atoms with Gasteiger partial charge in [-0.05, 0) is 55.7 Å². The summed E-state index contributed by atoms with van der Waals surface area (Å²) < 4.78 is 5.63. The largest absolute Gasteiger partial charge is 0.477 e. The van der Waals surface area contributed by atoms with Gasteiger partial charge >= 0.3 is 5.97 Å². The van der Waals surface area contributed by atoms with Crippen molar-refractivity contribution in [3.05, 3.63) is 47.7 Å². The molecular formula is C19H18N2O3. The normalized spacial score (nSPS) is 15.1. The Morgan fingerprint density at radius 2 is 1.83 bits per heavy atom. The maximum Gasteiger partial charge on any atom is 0.346 e. The van der Waals surface area contributed by atoms with Crippen LogP contribution in [0.4, 0.5) is 5.69 Å². The topological polar surface area (TPSA) is 77.5 Å². The lowest BCUT2D eigenvalue weighted by Gasteiger charge is -2.28. The third kappa shape index (κ3) is 3.49. The number of carboxylic acids is 1. The number of benzene rings is 1. The summed E-state index contributed by atoms with van der Waals surface area (Å²) in [6.45, 7) is 2.20. The molecule has 0 amide bonds. The van der Waals surface area contributed by atoms with Crippen molar-refractivity contribution in [2.24, 2.45) is 0 Å². The Labute approximate surface area is 140 Å². The molecule has 2 heterocycles. The zero-order valence-electron chi connectivity index (χ0n) is 13.2. The number of anilines is 1. The van der Waals surface area contributed by atoms with E-state index in [1.165, 1.54) is 31.0 Å². The van der Waals surface area contributed by atoms with E-state index in [9.17, 15) is 4.79 Å². The Bertz CT molecular complexity index is 791. The summed E-state index contributed by atoms with van der Waals surface area (Å²) in [4.78, 5) is 13.2. The van der Waals surface area contributed by atoms with Gasteiger partial charge in [-0.2, -0.15) is 5.26 Å². The van der Waals surface area contributed by atoms with E-state index in [0.717, 1.165) is 18.7 Å². The highest BCUT2D eigenvalue weighted by Crippen LogP contribution is 2.27. The third-order valence-electron chi connectivity index (χ3n) is 4.14. The predicted octanol–water partition coefficient (Wildman–Crippen LogP) is 3.93. The first-order chi connectivity index (χ1) is 11.7. The molecule has 122 valence electrons. The number of carboxylic acid groups (broad SMARTS) is 1. The molecule has 0 unspecified atom stereocenters. The molecule has 1 saturated heterocycles. The first-order valence-electron chi connectivity index (χ1n) is 7.98. The minimum Gasteiger partial charge on any atom is -0.477 e. The lowest BCUT2D eigenvalue weighted by atomic mass is 10.1. The van der Waals surface area contributed by atoms with Crippen LogP contribution in [-0.4, -0.2) is 24.2 Å². The number of rotatable bonds is 4. The van der Waals surface area contributed by atoms with Crippen molar-refractivity contribution in [2.45, 2.75) is 19.3 Å². The summed E-state index contributed by atoms with van der Waals surface area (Å²) in [5.74, 6) is -0.264. The van der Waals surface area contributed by atoms with E-state index in [-0.39, 0.29) is 5.57 Å². The van der Waals surface area contributed by atoms with Gasteiger partial charge in [0.1, 0.15) is 23.2 Å². The Balaban J connectivity index is 1.78. The van der Waals surface area contributed by atoms with Gasteiger partial charge in [-0.3, -0.25) is 0 Å². The van der Waals surface area contributed by atoms with Crippen LogP contribution in [-0.2, 0) is 4.79 Å². The molecule has 0 aliphatic carbocycles. The summed E-state index contributed by atoms with van der Waals surface area (Å²) in [7, 11) is 0. The molecule has 24 heavy (non-hydrogen) atoms. The smallest absolute Gasteiger partial charge is 0.346 e. The molecule has 2 aromatic rings. The van der Waals surface area contributed by atoms with Crippen LogP contribution in [0.5, 0.6) is 0 Å². The van der Waals surface area contributed by atoms with E-state index < -0.39 is 5.97 Å². The fraction of sp³-hybridized carbons (Fsp3) is 0.263. The minimum absolute atomic E-state index is 0.351. The van der Waals surface area contributed by atoms with Gasteiger partial charge in [0.2, 0.25) is 0 Å². The number of aliphatic carboxylic acids is 1. The lowest BCUT2D eigenvalue weighted by molar-refractivity contribution is -0.132. The lowest BCUT2D eigenvalue weighted by Crippen LogP contribution is -2.29. The van der Waals surface area contributed by atoms with E-state index in [4.69, 9.17) is 14.8 Å². The average molecular weight is 322 g/mol. The molecule has 5 heteroatoms. The van der Waals surface area contributed by atoms with Crippen molar-refractivity contribution < 1.29 is 14.3 Å². The van der Waals surface area contributed by atoms with E-state index in [1.54, 1.807) is 18.2 Å². The van der Waals surface area contributed by atoms with Gasteiger partial charge in [0, 0.05) is 30.4 Å². The molecule has 1 aromatic heterocycles. The fourth-order valence-corrected chi connectivity index (χ4v) is 2.86. The molecule has 0 bridgehead atoms. The maximum absolute atomic E-state index is 10.9. The summed E-state index contributed by atoms with van der Waals surface area (Å²) in [6.07, 6.45) is 5.01. The van der Waals surface area contributed by atoms with Gasteiger partial charge in [-0.1, -0.05) is 0 Å². The number of nitrogens with zero attached hydrogens (tertiary/aromatic N) is 2.